The van der Waals surface area contributed by atoms with Crippen molar-refractivity contribution in [1.82, 2.24) is 0 Å². The fraction of sp³-hybridized carbons (Fsp3) is 1.00. The van der Waals surface area contributed by atoms with Gasteiger partial charge < -0.3 is 15.2 Å². The molecule has 4 unspecified atom stereocenters. The van der Waals surface area contributed by atoms with Gasteiger partial charge >= 0.3 is 0 Å². The van der Waals surface area contributed by atoms with Crippen molar-refractivity contribution in [3.05, 3.63) is 0 Å². The van der Waals surface area contributed by atoms with Crippen molar-refractivity contribution >= 4 is 0 Å². The maximum atomic E-state index is 6.16. The molecule has 1 saturated carbocycles. The van der Waals surface area contributed by atoms with Gasteiger partial charge in [0.15, 0.2) is 0 Å². The molecule has 4 atom stereocenters. The molecule has 0 spiro atoms. The van der Waals surface area contributed by atoms with Crippen molar-refractivity contribution in [2.75, 3.05) is 13.2 Å². The molecule has 1 aliphatic heterocycles. The number of ether oxygens (including phenoxy) is 2. The highest BCUT2D eigenvalue weighted by Crippen LogP contribution is 2.29. The minimum absolute atomic E-state index is 0.240. The Morgan fingerprint density at radius 3 is 2.88 bits per heavy atom. The molecule has 3 heteroatoms. The molecule has 1 aliphatic carbocycles. The summed E-state index contributed by atoms with van der Waals surface area (Å²) < 4.78 is 11.6. The minimum Gasteiger partial charge on any atom is -0.376 e. The predicted molar refractivity (Wildman–Crippen MR) is 68.9 cm³/mol. The SMILES string of the molecule is CCCC1CCC(N)C(OCC2CCCO2)C1. The van der Waals surface area contributed by atoms with Gasteiger partial charge in [0.25, 0.3) is 0 Å². The van der Waals surface area contributed by atoms with Crippen LogP contribution in [0.15, 0.2) is 0 Å². The Labute approximate surface area is 105 Å². The standard InChI is InChI=1S/C14H27NO2/c1-2-4-11-6-7-13(15)14(9-11)17-10-12-5-3-8-16-12/h11-14H,2-10,15H2,1H3. The third kappa shape index (κ3) is 3.94. The summed E-state index contributed by atoms with van der Waals surface area (Å²) in [6.45, 7) is 3.91. The summed E-state index contributed by atoms with van der Waals surface area (Å²) in [6.07, 6.45) is 9.10. The molecule has 0 aromatic rings. The van der Waals surface area contributed by atoms with Gasteiger partial charge in [-0.05, 0) is 38.0 Å². The van der Waals surface area contributed by atoms with Crippen molar-refractivity contribution in [1.29, 1.82) is 0 Å². The Morgan fingerprint density at radius 1 is 1.29 bits per heavy atom. The van der Waals surface area contributed by atoms with Crippen LogP contribution in [-0.2, 0) is 9.47 Å². The maximum Gasteiger partial charge on any atom is 0.0809 e. The highest BCUT2D eigenvalue weighted by atomic mass is 16.5. The van der Waals surface area contributed by atoms with E-state index in [1.54, 1.807) is 0 Å². The Kier molecular flexibility index (Phi) is 5.26. The van der Waals surface area contributed by atoms with Crippen LogP contribution < -0.4 is 5.73 Å². The molecule has 0 bridgehead atoms. The molecule has 2 rings (SSSR count). The molecule has 0 amide bonds. The van der Waals surface area contributed by atoms with Crippen molar-refractivity contribution in [2.24, 2.45) is 11.7 Å². The van der Waals surface area contributed by atoms with E-state index < -0.39 is 0 Å². The lowest BCUT2D eigenvalue weighted by Gasteiger charge is -2.34. The smallest absolute Gasteiger partial charge is 0.0809 e. The normalized spacial score (nSPS) is 38.5. The van der Waals surface area contributed by atoms with E-state index in [4.69, 9.17) is 15.2 Å². The molecule has 1 saturated heterocycles. The minimum atomic E-state index is 0.240. The highest BCUT2D eigenvalue weighted by Gasteiger charge is 2.29. The van der Waals surface area contributed by atoms with Gasteiger partial charge in [0, 0.05) is 12.6 Å². The highest BCUT2D eigenvalue weighted by molar-refractivity contribution is 4.83. The van der Waals surface area contributed by atoms with Crippen LogP contribution in [0.1, 0.15) is 51.9 Å². The molecular formula is C14H27NO2. The molecule has 17 heavy (non-hydrogen) atoms. The van der Waals surface area contributed by atoms with Gasteiger partial charge in [0.05, 0.1) is 18.8 Å². The molecule has 2 N–H and O–H groups in total. The Balaban J connectivity index is 1.72. The van der Waals surface area contributed by atoms with E-state index in [1.807, 2.05) is 0 Å². The van der Waals surface area contributed by atoms with Crippen molar-refractivity contribution in [3.63, 3.8) is 0 Å². The van der Waals surface area contributed by atoms with E-state index >= 15 is 0 Å². The summed E-state index contributed by atoms with van der Waals surface area (Å²) in [5, 5.41) is 0. The van der Waals surface area contributed by atoms with E-state index in [1.165, 1.54) is 25.7 Å². The second-order valence-corrected chi connectivity index (χ2v) is 5.64. The molecule has 0 radical (unpaired) electrons. The Hall–Kier alpha value is -0.120. The van der Waals surface area contributed by atoms with E-state index in [0.717, 1.165) is 38.4 Å². The molecule has 2 fully saturated rings. The Morgan fingerprint density at radius 2 is 2.18 bits per heavy atom. The van der Waals surface area contributed by atoms with E-state index in [0.29, 0.717) is 6.10 Å². The first kappa shape index (κ1) is 13.3. The van der Waals surface area contributed by atoms with Crippen LogP contribution in [-0.4, -0.2) is 31.5 Å². The lowest BCUT2D eigenvalue weighted by atomic mass is 9.82. The number of nitrogens with two attached hydrogens (primary N) is 1. The van der Waals surface area contributed by atoms with Crippen LogP contribution in [0, 0.1) is 5.92 Å². The molecule has 100 valence electrons. The summed E-state index contributed by atoms with van der Waals surface area (Å²) >= 11 is 0. The zero-order valence-electron chi connectivity index (χ0n) is 11.1. The molecule has 0 aromatic carbocycles. The number of rotatable bonds is 5. The molecular weight excluding hydrogens is 214 g/mol. The topological polar surface area (TPSA) is 44.5 Å². The van der Waals surface area contributed by atoms with Gasteiger partial charge in [-0.15, -0.1) is 0 Å². The first-order valence-electron chi connectivity index (χ1n) is 7.28. The zero-order valence-corrected chi connectivity index (χ0v) is 11.1. The van der Waals surface area contributed by atoms with Crippen LogP contribution in [0.2, 0.25) is 0 Å². The average molecular weight is 241 g/mol. The fourth-order valence-electron chi connectivity index (χ4n) is 3.10. The van der Waals surface area contributed by atoms with Gasteiger partial charge in [0.1, 0.15) is 0 Å². The molecule has 0 aromatic heterocycles. The van der Waals surface area contributed by atoms with Gasteiger partial charge in [0.2, 0.25) is 0 Å². The zero-order chi connectivity index (χ0) is 12.1. The lowest BCUT2D eigenvalue weighted by molar-refractivity contribution is -0.0487. The summed E-state index contributed by atoms with van der Waals surface area (Å²) in [5.74, 6) is 0.828. The van der Waals surface area contributed by atoms with Gasteiger partial charge in [-0.1, -0.05) is 19.8 Å². The quantitative estimate of drug-likeness (QED) is 0.804. The van der Waals surface area contributed by atoms with Gasteiger partial charge in [-0.3, -0.25) is 0 Å². The van der Waals surface area contributed by atoms with Crippen molar-refractivity contribution in [2.45, 2.75) is 70.1 Å². The molecule has 2 aliphatic rings. The van der Waals surface area contributed by atoms with Crippen LogP contribution in [0.4, 0.5) is 0 Å². The van der Waals surface area contributed by atoms with E-state index in [-0.39, 0.29) is 12.1 Å². The van der Waals surface area contributed by atoms with Crippen molar-refractivity contribution in [3.8, 4) is 0 Å². The van der Waals surface area contributed by atoms with Crippen LogP contribution in [0.5, 0.6) is 0 Å². The number of hydrogen-bond donors (Lipinski definition) is 1. The summed E-state index contributed by atoms with van der Waals surface area (Å²) in [7, 11) is 0. The monoisotopic (exact) mass is 241 g/mol. The maximum absolute atomic E-state index is 6.16. The first-order chi connectivity index (χ1) is 8.29. The Bertz CT molecular complexity index is 216. The third-order valence-electron chi connectivity index (χ3n) is 4.17. The second-order valence-electron chi connectivity index (χ2n) is 5.64. The van der Waals surface area contributed by atoms with Crippen LogP contribution in [0.25, 0.3) is 0 Å². The fourth-order valence-corrected chi connectivity index (χ4v) is 3.10. The average Bonchev–Trinajstić information content (AvgIpc) is 2.83. The summed E-state index contributed by atoms with van der Waals surface area (Å²) in [4.78, 5) is 0. The van der Waals surface area contributed by atoms with Gasteiger partial charge in [-0.25, -0.2) is 0 Å². The largest absolute Gasteiger partial charge is 0.376 e. The molecule has 3 nitrogen and oxygen atoms in total. The van der Waals surface area contributed by atoms with E-state index in [2.05, 4.69) is 6.92 Å². The summed E-state index contributed by atoms with van der Waals surface area (Å²) in [5.41, 5.74) is 6.16. The summed E-state index contributed by atoms with van der Waals surface area (Å²) in [6, 6.07) is 0.240. The third-order valence-corrected chi connectivity index (χ3v) is 4.17. The predicted octanol–water partition coefficient (Wildman–Crippen LogP) is 2.48. The second kappa shape index (κ2) is 6.72. The van der Waals surface area contributed by atoms with Crippen LogP contribution in [0.3, 0.4) is 0 Å². The lowest BCUT2D eigenvalue weighted by Crippen LogP contribution is -2.43. The first-order valence-corrected chi connectivity index (χ1v) is 7.28. The van der Waals surface area contributed by atoms with E-state index in [9.17, 15) is 0 Å². The van der Waals surface area contributed by atoms with Crippen molar-refractivity contribution < 1.29 is 9.47 Å². The van der Waals surface area contributed by atoms with Crippen LogP contribution >= 0.6 is 0 Å². The van der Waals surface area contributed by atoms with Gasteiger partial charge in [-0.2, -0.15) is 0 Å². The molecule has 1 heterocycles. The number of hydrogen-bond acceptors (Lipinski definition) is 3.